The quantitative estimate of drug-likeness (QED) is 0.603. The van der Waals surface area contributed by atoms with Crippen molar-refractivity contribution in [2.24, 2.45) is 7.05 Å². The maximum Gasteiger partial charge on any atom is 0.290 e. The minimum absolute atomic E-state index is 0.164. The fraction of sp³-hybridized carbons (Fsp3) is 0.400. The topological polar surface area (TPSA) is 33.4 Å². The Morgan fingerprint density at radius 2 is 1.48 bits per heavy atom. The molecule has 1 saturated heterocycles. The molecule has 0 N–H and O–H groups in total. The van der Waals surface area contributed by atoms with Crippen LogP contribution in [0.15, 0.2) is 59.4 Å². The summed E-state index contributed by atoms with van der Waals surface area (Å²) in [7, 11) is 1.91. The van der Waals surface area contributed by atoms with E-state index in [1.807, 2.05) is 42.1 Å². The molecule has 2 heterocycles. The van der Waals surface area contributed by atoms with Gasteiger partial charge in [-0.3, -0.25) is 14.4 Å². The van der Waals surface area contributed by atoms with E-state index >= 15 is 0 Å². The number of piperazine rings is 1. The standard InChI is InChI=1S/C25H31ClN4O/c1-25(2,3)19-10-12-20(13-11-19)29-16-14-28(15-17-29)18-22-23(26)24(31)30(27(22)4)21-8-6-5-7-9-21/h5-13H,14-18H2,1-4H3. The van der Waals surface area contributed by atoms with Crippen molar-refractivity contribution in [3.63, 3.8) is 0 Å². The van der Waals surface area contributed by atoms with Gasteiger partial charge in [-0.05, 0) is 35.2 Å². The van der Waals surface area contributed by atoms with Gasteiger partial charge >= 0.3 is 0 Å². The van der Waals surface area contributed by atoms with E-state index < -0.39 is 0 Å². The molecule has 4 rings (SSSR count). The number of aromatic nitrogens is 2. The van der Waals surface area contributed by atoms with Crippen molar-refractivity contribution in [2.75, 3.05) is 31.1 Å². The van der Waals surface area contributed by atoms with Crippen molar-refractivity contribution in [2.45, 2.75) is 32.7 Å². The predicted molar refractivity (Wildman–Crippen MR) is 129 cm³/mol. The molecular formula is C25H31ClN4O. The summed E-state index contributed by atoms with van der Waals surface area (Å²) in [5.41, 5.74) is 4.32. The van der Waals surface area contributed by atoms with Crippen LogP contribution in [-0.2, 0) is 19.0 Å². The van der Waals surface area contributed by atoms with Gasteiger partial charge in [-0.2, -0.15) is 0 Å². The summed E-state index contributed by atoms with van der Waals surface area (Å²) < 4.78 is 3.53. The zero-order chi connectivity index (χ0) is 22.2. The van der Waals surface area contributed by atoms with Crippen molar-refractivity contribution < 1.29 is 0 Å². The summed E-state index contributed by atoms with van der Waals surface area (Å²) in [4.78, 5) is 17.6. The summed E-state index contributed by atoms with van der Waals surface area (Å²) in [5.74, 6) is 0. The van der Waals surface area contributed by atoms with Gasteiger partial charge in [0.1, 0.15) is 5.02 Å². The average Bonchev–Trinajstić information content (AvgIpc) is 2.97. The molecule has 5 nitrogen and oxygen atoms in total. The Balaban J connectivity index is 1.44. The first-order valence-electron chi connectivity index (χ1n) is 10.9. The minimum Gasteiger partial charge on any atom is -0.369 e. The minimum atomic E-state index is -0.164. The third-order valence-electron chi connectivity index (χ3n) is 6.17. The summed E-state index contributed by atoms with van der Waals surface area (Å²) in [6.45, 7) is 11.2. The highest BCUT2D eigenvalue weighted by Crippen LogP contribution is 2.26. The molecule has 6 heteroatoms. The number of hydrogen-bond donors (Lipinski definition) is 0. The van der Waals surface area contributed by atoms with Gasteiger partial charge in [-0.15, -0.1) is 0 Å². The van der Waals surface area contributed by atoms with Crippen LogP contribution in [-0.4, -0.2) is 40.4 Å². The summed E-state index contributed by atoms with van der Waals surface area (Å²) in [6.07, 6.45) is 0. The molecule has 3 aromatic rings. The van der Waals surface area contributed by atoms with Crippen molar-refractivity contribution >= 4 is 17.3 Å². The Hall–Kier alpha value is -2.50. The molecule has 2 aromatic carbocycles. The van der Waals surface area contributed by atoms with Crippen molar-refractivity contribution in [3.05, 3.63) is 81.2 Å². The fourth-order valence-electron chi connectivity index (χ4n) is 4.20. The van der Waals surface area contributed by atoms with Crippen LogP contribution in [0, 0.1) is 0 Å². The van der Waals surface area contributed by atoms with Gasteiger partial charge in [0, 0.05) is 45.5 Å². The van der Waals surface area contributed by atoms with Crippen LogP contribution in [0.3, 0.4) is 0 Å². The van der Waals surface area contributed by atoms with Gasteiger partial charge in [0.2, 0.25) is 0 Å². The van der Waals surface area contributed by atoms with Crippen molar-refractivity contribution in [1.29, 1.82) is 0 Å². The molecule has 0 atom stereocenters. The van der Waals surface area contributed by atoms with Gasteiger partial charge in [0.05, 0.1) is 11.4 Å². The highest BCUT2D eigenvalue weighted by molar-refractivity contribution is 6.31. The van der Waals surface area contributed by atoms with Crippen LogP contribution >= 0.6 is 11.6 Å². The van der Waals surface area contributed by atoms with E-state index in [1.54, 1.807) is 4.68 Å². The zero-order valence-corrected chi connectivity index (χ0v) is 19.6. The molecule has 0 saturated carbocycles. The Kier molecular flexibility index (Phi) is 6.00. The van der Waals surface area contributed by atoms with E-state index in [4.69, 9.17) is 11.6 Å². The first-order valence-corrected chi connectivity index (χ1v) is 11.2. The van der Waals surface area contributed by atoms with Gasteiger partial charge < -0.3 is 4.90 Å². The lowest BCUT2D eigenvalue weighted by Gasteiger charge is -2.36. The second kappa shape index (κ2) is 8.56. The van der Waals surface area contributed by atoms with Crippen molar-refractivity contribution in [3.8, 4) is 5.69 Å². The molecule has 1 fully saturated rings. The number of para-hydroxylation sites is 1. The third-order valence-corrected chi connectivity index (χ3v) is 6.55. The molecule has 31 heavy (non-hydrogen) atoms. The first-order chi connectivity index (χ1) is 14.8. The number of rotatable bonds is 4. The largest absolute Gasteiger partial charge is 0.369 e. The molecule has 1 aliphatic rings. The molecule has 0 bridgehead atoms. The normalized spacial score (nSPS) is 15.5. The van der Waals surface area contributed by atoms with Crippen molar-refractivity contribution in [1.82, 2.24) is 14.3 Å². The molecule has 0 aliphatic carbocycles. The number of benzene rings is 2. The molecular weight excluding hydrogens is 408 g/mol. The Morgan fingerprint density at radius 1 is 0.871 bits per heavy atom. The van der Waals surface area contributed by atoms with E-state index in [9.17, 15) is 4.79 Å². The SMILES string of the molecule is Cn1c(CN2CCN(c3ccc(C(C)(C)C)cc3)CC2)c(Cl)c(=O)n1-c1ccccc1. The lowest BCUT2D eigenvalue weighted by molar-refractivity contribution is 0.243. The molecule has 1 aliphatic heterocycles. The van der Waals surface area contributed by atoms with Gasteiger partial charge in [-0.1, -0.05) is 62.7 Å². The second-order valence-electron chi connectivity index (χ2n) is 9.30. The summed E-state index contributed by atoms with van der Waals surface area (Å²) in [5, 5.41) is 0.312. The Labute approximate surface area is 189 Å². The van der Waals surface area contributed by atoms with Crippen LogP contribution in [0.1, 0.15) is 32.0 Å². The highest BCUT2D eigenvalue weighted by Gasteiger charge is 2.23. The predicted octanol–water partition coefficient (Wildman–Crippen LogP) is 4.45. The second-order valence-corrected chi connectivity index (χ2v) is 9.67. The molecule has 0 spiro atoms. The highest BCUT2D eigenvalue weighted by atomic mass is 35.5. The number of anilines is 1. The van der Waals surface area contributed by atoms with Crippen LogP contribution < -0.4 is 10.5 Å². The summed E-state index contributed by atoms with van der Waals surface area (Å²) >= 11 is 6.47. The molecule has 1 aromatic heterocycles. The fourth-order valence-corrected chi connectivity index (χ4v) is 4.46. The molecule has 0 unspecified atom stereocenters. The maximum absolute atomic E-state index is 12.8. The van der Waals surface area contributed by atoms with Crippen LogP contribution in [0.4, 0.5) is 5.69 Å². The molecule has 164 valence electrons. The van der Waals surface area contributed by atoms with E-state index in [0.29, 0.717) is 11.6 Å². The van der Waals surface area contributed by atoms with Crippen LogP contribution in [0.2, 0.25) is 5.02 Å². The molecule has 0 amide bonds. The lowest BCUT2D eigenvalue weighted by atomic mass is 9.87. The summed E-state index contributed by atoms with van der Waals surface area (Å²) in [6, 6.07) is 18.6. The monoisotopic (exact) mass is 438 g/mol. The van der Waals surface area contributed by atoms with E-state index in [0.717, 1.165) is 37.6 Å². The third kappa shape index (κ3) is 4.43. The van der Waals surface area contributed by atoms with Gasteiger partial charge in [0.15, 0.2) is 0 Å². The van der Waals surface area contributed by atoms with E-state index in [1.165, 1.54) is 11.3 Å². The van der Waals surface area contributed by atoms with Gasteiger partial charge in [0.25, 0.3) is 5.56 Å². The maximum atomic E-state index is 12.8. The Bertz CT molecular complexity index is 1090. The molecule has 0 radical (unpaired) electrons. The van der Waals surface area contributed by atoms with Gasteiger partial charge in [-0.25, -0.2) is 4.68 Å². The number of nitrogens with zero attached hydrogens (tertiary/aromatic N) is 4. The zero-order valence-electron chi connectivity index (χ0n) is 18.8. The Morgan fingerprint density at radius 3 is 2.06 bits per heavy atom. The number of hydrogen-bond acceptors (Lipinski definition) is 3. The van der Waals surface area contributed by atoms with Crippen LogP contribution in [0.5, 0.6) is 0 Å². The van der Waals surface area contributed by atoms with E-state index in [2.05, 4.69) is 54.8 Å². The first kappa shape index (κ1) is 21.7. The lowest BCUT2D eigenvalue weighted by Crippen LogP contribution is -2.46. The van der Waals surface area contributed by atoms with E-state index in [-0.39, 0.29) is 11.0 Å². The smallest absolute Gasteiger partial charge is 0.290 e. The average molecular weight is 439 g/mol. The number of halogens is 1. The van der Waals surface area contributed by atoms with Crippen LogP contribution in [0.25, 0.3) is 5.69 Å².